The lowest BCUT2D eigenvalue weighted by Gasteiger charge is -2.33. The van der Waals surface area contributed by atoms with Crippen molar-refractivity contribution >= 4 is 5.78 Å². The van der Waals surface area contributed by atoms with Gasteiger partial charge in [0.25, 0.3) is 0 Å². The summed E-state index contributed by atoms with van der Waals surface area (Å²) in [5, 5.41) is 0. The molecule has 14 heavy (non-hydrogen) atoms. The van der Waals surface area contributed by atoms with Crippen LogP contribution in [0.4, 0.5) is 0 Å². The maximum Gasteiger partial charge on any atom is 0.149 e. The predicted octanol–water partition coefficient (Wildman–Crippen LogP) is 2.37. The zero-order valence-electron chi connectivity index (χ0n) is 9.00. The molecule has 0 N–H and O–H groups in total. The zero-order valence-corrected chi connectivity index (χ0v) is 9.00. The third-order valence-corrected chi connectivity index (χ3v) is 3.60. The summed E-state index contributed by atoms with van der Waals surface area (Å²) in [5.74, 6) is 0.518. The van der Waals surface area contributed by atoms with Crippen LogP contribution in [0, 0.1) is 0 Å². The lowest BCUT2D eigenvalue weighted by Crippen LogP contribution is -2.43. The van der Waals surface area contributed by atoms with Crippen LogP contribution in [0.1, 0.15) is 51.4 Å². The zero-order chi connectivity index (χ0) is 9.80. The Labute approximate surface area is 86.7 Å². The summed E-state index contributed by atoms with van der Waals surface area (Å²) in [6.07, 6.45) is 9.55. The van der Waals surface area contributed by atoms with Crippen LogP contribution in [0.5, 0.6) is 0 Å². The Morgan fingerprint density at radius 1 is 0.929 bits per heavy atom. The van der Waals surface area contributed by atoms with E-state index in [1.54, 1.807) is 0 Å². The first-order chi connectivity index (χ1) is 6.88. The summed E-state index contributed by atoms with van der Waals surface area (Å²) in [5.41, 5.74) is 0. The van der Waals surface area contributed by atoms with Crippen LogP contribution in [0.25, 0.3) is 0 Å². The number of likely N-dealkylation sites (tertiary alicyclic amines) is 1. The van der Waals surface area contributed by atoms with Gasteiger partial charge in [0.05, 0.1) is 6.04 Å². The van der Waals surface area contributed by atoms with Gasteiger partial charge in [-0.3, -0.25) is 9.69 Å². The van der Waals surface area contributed by atoms with Gasteiger partial charge in [-0.2, -0.15) is 0 Å². The average molecular weight is 195 g/mol. The summed E-state index contributed by atoms with van der Waals surface area (Å²) in [4.78, 5) is 14.3. The number of Topliss-reactive ketones (excluding diaryl/α,β-unsaturated/α-hetero) is 1. The van der Waals surface area contributed by atoms with Crippen LogP contribution in [-0.4, -0.2) is 29.8 Å². The predicted molar refractivity (Wildman–Crippen MR) is 57.3 cm³/mol. The molecule has 1 atom stereocenters. The molecule has 80 valence electrons. The largest absolute Gasteiger partial charge is 0.298 e. The van der Waals surface area contributed by atoms with E-state index in [0.29, 0.717) is 5.78 Å². The second kappa shape index (κ2) is 4.92. The first kappa shape index (κ1) is 10.2. The first-order valence-corrected chi connectivity index (χ1v) is 6.15. The molecule has 0 bridgehead atoms. The second-order valence-corrected chi connectivity index (χ2v) is 4.68. The van der Waals surface area contributed by atoms with Crippen LogP contribution < -0.4 is 0 Å². The lowest BCUT2D eigenvalue weighted by molar-refractivity contribution is -0.124. The van der Waals surface area contributed by atoms with E-state index in [1.807, 2.05) is 0 Å². The molecule has 2 rings (SSSR count). The summed E-state index contributed by atoms with van der Waals surface area (Å²) < 4.78 is 0. The molecule has 1 aliphatic carbocycles. The number of carbonyl (C=O) groups excluding carboxylic acids is 1. The van der Waals surface area contributed by atoms with Gasteiger partial charge in [-0.05, 0) is 38.8 Å². The Balaban J connectivity index is 1.95. The monoisotopic (exact) mass is 195 g/mol. The highest BCUT2D eigenvalue weighted by atomic mass is 16.1. The van der Waals surface area contributed by atoms with Gasteiger partial charge < -0.3 is 0 Å². The van der Waals surface area contributed by atoms with Crippen LogP contribution in [0.15, 0.2) is 0 Å². The van der Waals surface area contributed by atoms with Crippen molar-refractivity contribution in [2.75, 3.05) is 13.1 Å². The molecule has 1 aliphatic heterocycles. The molecule has 1 heterocycles. The minimum atomic E-state index is 0.290. The Morgan fingerprint density at radius 3 is 2.43 bits per heavy atom. The Hall–Kier alpha value is -0.370. The molecule has 0 spiro atoms. The Morgan fingerprint density at radius 2 is 1.64 bits per heavy atom. The van der Waals surface area contributed by atoms with Crippen molar-refractivity contribution in [1.82, 2.24) is 4.90 Å². The molecule has 0 aromatic rings. The van der Waals surface area contributed by atoms with Gasteiger partial charge in [-0.15, -0.1) is 0 Å². The van der Waals surface area contributed by atoms with Gasteiger partial charge in [0, 0.05) is 6.42 Å². The van der Waals surface area contributed by atoms with Crippen molar-refractivity contribution < 1.29 is 4.79 Å². The summed E-state index contributed by atoms with van der Waals surface area (Å²) in [7, 11) is 0. The first-order valence-electron chi connectivity index (χ1n) is 6.15. The maximum absolute atomic E-state index is 11.9. The fraction of sp³-hybridized carbons (Fsp3) is 0.917. The van der Waals surface area contributed by atoms with Gasteiger partial charge in [0.1, 0.15) is 5.78 Å². The average Bonchev–Trinajstić information content (AvgIpc) is 2.44. The third-order valence-electron chi connectivity index (χ3n) is 3.60. The molecule has 2 heteroatoms. The molecule has 2 nitrogen and oxygen atoms in total. The molecule has 1 saturated carbocycles. The van der Waals surface area contributed by atoms with E-state index >= 15 is 0 Å². The summed E-state index contributed by atoms with van der Waals surface area (Å²) >= 11 is 0. The SMILES string of the molecule is O=C1CCCCCC1N1CCCCC1. The van der Waals surface area contributed by atoms with Crippen molar-refractivity contribution in [2.45, 2.75) is 57.4 Å². The smallest absolute Gasteiger partial charge is 0.149 e. The second-order valence-electron chi connectivity index (χ2n) is 4.68. The van der Waals surface area contributed by atoms with E-state index in [4.69, 9.17) is 0 Å². The van der Waals surface area contributed by atoms with Crippen molar-refractivity contribution in [3.63, 3.8) is 0 Å². The van der Waals surface area contributed by atoms with E-state index in [1.165, 1.54) is 32.1 Å². The Bertz CT molecular complexity index is 196. The quantitative estimate of drug-likeness (QED) is 0.599. The minimum absolute atomic E-state index is 0.290. The topological polar surface area (TPSA) is 20.3 Å². The Kier molecular flexibility index (Phi) is 3.57. The number of piperidine rings is 1. The van der Waals surface area contributed by atoms with Crippen LogP contribution >= 0.6 is 0 Å². The minimum Gasteiger partial charge on any atom is -0.298 e. The number of nitrogens with zero attached hydrogens (tertiary/aromatic N) is 1. The van der Waals surface area contributed by atoms with E-state index in [2.05, 4.69) is 4.90 Å². The fourth-order valence-electron chi connectivity index (χ4n) is 2.76. The van der Waals surface area contributed by atoms with Gasteiger partial charge >= 0.3 is 0 Å². The highest BCUT2D eigenvalue weighted by molar-refractivity contribution is 5.84. The van der Waals surface area contributed by atoms with Crippen LogP contribution in [0.3, 0.4) is 0 Å². The molecule has 2 fully saturated rings. The molecule has 0 amide bonds. The summed E-state index contributed by atoms with van der Waals surface area (Å²) in [6, 6.07) is 0.290. The van der Waals surface area contributed by atoms with E-state index in [9.17, 15) is 4.79 Å². The van der Waals surface area contributed by atoms with E-state index in [0.717, 1.165) is 32.4 Å². The third kappa shape index (κ3) is 2.35. The molecule has 1 saturated heterocycles. The number of carbonyl (C=O) groups is 1. The van der Waals surface area contributed by atoms with Gasteiger partial charge in [-0.1, -0.05) is 19.3 Å². The molecule has 1 unspecified atom stereocenters. The van der Waals surface area contributed by atoms with Crippen molar-refractivity contribution in [3.8, 4) is 0 Å². The highest BCUT2D eigenvalue weighted by Crippen LogP contribution is 2.22. The molecule has 0 aromatic heterocycles. The van der Waals surface area contributed by atoms with Gasteiger partial charge in [0.15, 0.2) is 0 Å². The number of hydrogen-bond acceptors (Lipinski definition) is 2. The van der Waals surface area contributed by atoms with Crippen LogP contribution in [-0.2, 0) is 4.79 Å². The molecule has 2 aliphatic rings. The lowest BCUT2D eigenvalue weighted by atomic mass is 10.0. The van der Waals surface area contributed by atoms with Crippen molar-refractivity contribution in [2.24, 2.45) is 0 Å². The normalized spacial score (nSPS) is 31.4. The van der Waals surface area contributed by atoms with Gasteiger partial charge in [0.2, 0.25) is 0 Å². The highest BCUT2D eigenvalue weighted by Gasteiger charge is 2.27. The fourth-order valence-corrected chi connectivity index (χ4v) is 2.76. The van der Waals surface area contributed by atoms with Crippen molar-refractivity contribution in [3.05, 3.63) is 0 Å². The van der Waals surface area contributed by atoms with E-state index in [-0.39, 0.29) is 6.04 Å². The van der Waals surface area contributed by atoms with Gasteiger partial charge in [-0.25, -0.2) is 0 Å². The summed E-state index contributed by atoms with van der Waals surface area (Å²) in [6.45, 7) is 2.33. The molecular formula is C12H21NO. The van der Waals surface area contributed by atoms with Crippen molar-refractivity contribution in [1.29, 1.82) is 0 Å². The number of rotatable bonds is 1. The standard InChI is InChI=1S/C12H21NO/c14-12-8-4-1-3-7-11(12)13-9-5-2-6-10-13/h11H,1-10H2. The van der Waals surface area contributed by atoms with E-state index < -0.39 is 0 Å². The molecule has 0 aromatic carbocycles. The maximum atomic E-state index is 11.9. The number of hydrogen-bond donors (Lipinski definition) is 0. The number of ketones is 1. The molecule has 0 radical (unpaired) electrons. The van der Waals surface area contributed by atoms with Crippen LogP contribution in [0.2, 0.25) is 0 Å². The molecular weight excluding hydrogens is 174 g/mol.